The summed E-state index contributed by atoms with van der Waals surface area (Å²) in [6.07, 6.45) is 0.109. The molecule has 132 valence electrons. The first-order chi connectivity index (χ1) is 11.2. The summed E-state index contributed by atoms with van der Waals surface area (Å²) in [6, 6.07) is 4.96. The van der Waals surface area contributed by atoms with Crippen LogP contribution in [0.25, 0.3) is 0 Å². The Morgan fingerprint density at radius 3 is 2.54 bits per heavy atom. The van der Waals surface area contributed by atoms with Gasteiger partial charge in [0.2, 0.25) is 5.91 Å². The molecule has 5 nitrogen and oxygen atoms in total. The van der Waals surface area contributed by atoms with Crippen molar-refractivity contribution < 1.29 is 19.1 Å². The maximum atomic E-state index is 12.7. The van der Waals surface area contributed by atoms with Crippen LogP contribution in [0.3, 0.4) is 0 Å². The highest BCUT2D eigenvalue weighted by Crippen LogP contribution is 2.32. The standard InChI is InChI=1S/C18H24ClNO4/c1-18(2,3)13(17(22)20-4)8-15(21)11-5-6-14(19)16(7-11)24-12-9-23-10-12/h5-7,12-13H,8-10H2,1-4H3,(H,20,22)/t13-/m1/s1. The second kappa shape index (κ2) is 7.53. The van der Waals surface area contributed by atoms with Crippen LogP contribution in [0.1, 0.15) is 37.6 Å². The summed E-state index contributed by atoms with van der Waals surface area (Å²) in [4.78, 5) is 24.8. The Hall–Kier alpha value is -1.59. The fraction of sp³-hybridized carbons (Fsp3) is 0.556. The number of benzene rings is 1. The highest BCUT2D eigenvalue weighted by atomic mass is 35.5. The van der Waals surface area contributed by atoms with Crippen LogP contribution in [0.15, 0.2) is 18.2 Å². The molecule has 0 aliphatic carbocycles. The fourth-order valence-electron chi connectivity index (χ4n) is 2.50. The highest BCUT2D eigenvalue weighted by Gasteiger charge is 2.33. The van der Waals surface area contributed by atoms with E-state index in [0.717, 1.165) is 0 Å². The minimum Gasteiger partial charge on any atom is -0.484 e. The van der Waals surface area contributed by atoms with Crippen molar-refractivity contribution in [3.63, 3.8) is 0 Å². The lowest BCUT2D eigenvalue weighted by atomic mass is 9.76. The van der Waals surface area contributed by atoms with Crippen molar-refractivity contribution in [1.29, 1.82) is 0 Å². The lowest BCUT2D eigenvalue weighted by Gasteiger charge is -2.29. The van der Waals surface area contributed by atoms with Crippen LogP contribution in [-0.2, 0) is 9.53 Å². The number of carbonyl (C=O) groups is 2. The van der Waals surface area contributed by atoms with E-state index >= 15 is 0 Å². The van der Waals surface area contributed by atoms with E-state index in [2.05, 4.69) is 5.32 Å². The average molecular weight is 354 g/mol. The van der Waals surface area contributed by atoms with E-state index in [1.54, 1.807) is 25.2 Å². The number of rotatable bonds is 6. The zero-order valence-electron chi connectivity index (χ0n) is 14.5. The zero-order chi connectivity index (χ0) is 17.9. The highest BCUT2D eigenvalue weighted by molar-refractivity contribution is 6.32. The summed E-state index contributed by atoms with van der Waals surface area (Å²) in [6.45, 7) is 6.90. The molecule has 1 amide bonds. The number of hydrogen-bond donors (Lipinski definition) is 1. The van der Waals surface area contributed by atoms with Gasteiger partial charge in [0.25, 0.3) is 0 Å². The smallest absolute Gasteiger partial charge is 0.223 e. The summed E-state index contributed by atoms with van der Waals surface area (Å²) in [7, 11) is 1.58. The monoisotopic (exact) mass is 353 g/mol. The second-order valence-corrected chi connectivity index (χ2v) is 7.49. The summed E-state index contributed by atoms with van der Waals surface area (Å²) in [5.74, 6) is -0.170. The Morgan fingerprint density at radius 1 is 1.38 bits per heavy atom. The number of hydrogen-bond acceptors (Lipinski definition) is 4. The molecule has 1 N–H and O–H groups in total. The van der Waals surface area contributed by atoms with Gasteiger partial charge in [0.1, 0.15) is 11.9 Å². The van der Waals surface area contributed by atoms with E-state index in [1.165, 1.54) is 0 Å². The van der Waals surface area contributed by atoms with E-state index in [1.807, 2.05) is 20.8 Å². The number of nitrogens with one attached hydrogen (secondary N) is 1. The van der Waals surface area contributed by atoms with Crippen molar-refractivity contribution in [2.45, 2.75) is 33.3 Å². The maximum Gasteiger partial charge on any atom is 0.223 e. The number of halogens is 1. The van der Waals surface area contributed by atoms with E-state index in [4.69, 9.17) is 21.1 Å². The molecule has 2 rings (SSSR count). The molecule has 0 aromatic heterocycles. The second-order valence-electron chi connectivity index (χ2n) is 7.08. The molecule has 1 heterocycles. The Labute approximate surface area is 147 Å². The van der Waals surface area contributed by atoms with E-state index < -0.39 is 5.92 Å². The Kier molecular flexibility index (Phi) is 5.88. The Balaban J connectivity index is 2.15. The van der Waals surface area contributed by atoms with Crippen molar-refractivity contribution in [3.05, 3.63) is 28.8 Å². The van der Waals surface area contributed by atoms with Gasteiger partial charge in [0.15, 0.2) is 5.78 Å². The molecule has 0 spiro atoms. The summed E-state index contributed by atoms with van der Waals surface area (Å²) < 4.78 is 10.8. The molecule has 1 aromatic carbocycles. The fourth-order valence-corrected chi connectivity index (χ4v) is 2.66. The van der Waals surface area contributed by atoms with Crippen molar-refractivity contribution in [2.24, 2.45) is 11.3 Å². The Morgan fingerprint density at radius 2 is 2.04 bits per heavy atom. The average Bonchev–Trinajstić information content (AvgIpc) is 2.47. The van der Waals surface area contributed by atoms with Gasteiger partial charge in [-0.3, -0.25) is 9.59 Å². The molecule has 0 bridgehead atoms. The SMILES string of the molecule is CNC(=O)[C@@H](CC(=O)c1ccc(Cl)c(OC2COC2)c1)C(C)(C)C. The minimum absolute atomic E-state index is 0.0268. The minimum atomic E-state index is -0.407. The molecule has 1 aliphatic rings. The third kappa shape index (κ3) is 4.48. The third-order valence-corrected chi connectivity index (χ3v) is 4.46. The predicted octanol–water partition coefficient (Wildman–Crippen LogP) is 3.10. The van der Waals surface area contributed by atoms with E-state index in [0.29, 0.717) is 29.5 Å². The molecule has 1 fully saturated rings. The third-order valence-electron chi connectivity index (χ3n) is 4.15. The molecule has 0 radical (unpaired) electrons. The van der Waals surface area contributed by atoms with Gasteiger partial charge >= 0.3 is 0 Å². The van der Waals surface area contributed by atoms with Crippen molar-refractivity contribution in [3.8, 4) is 5.75 Å². The van der Waals surface area contributed by atoms with E-state index in [9.17, 15) is 9.59 Å². The largest absolute Gasteiger partial charge is 0.484 e. The predicted molar refractivity (Wildman–Crippen MR) is 92.6 cm³/mol. The van der Waals surface area contributed by atoms with Crippen LogP contribution in [0.4, 0.5) is 0 Å². The van der Waals surface area contributed by atoms with Crippen LogP contribution >= 0.6 is 11.6 Å². The van der Waals surface area contributed by atoms with Gasteiger partial charge in [-0.25, -0.2) is 0 Å². The molecule has 6 heteroatoms. The van der Waals surface area contributed by atoms with Crippen molar-refractivity contribution in [1.82, 2.24) is 5.32 Å². The number of Topliss-reactive ketones (excluding diaryl/α,β-unsaturated/α-hetero) is 1. The number of carbonyl (C=O) groups excluding carboxylic acids is 2. The maximum absolute atomic E-state index is 12.7. The molecular formula is C18H24ClNO4. The Bertz CT molecular complexity index is 620. The lowest BCUT2D eigenvalue weighted by Crippen LogP contribution is -2.38. The molecule has 0 saturated carbocycles. The quantitative estimate of drug-likeness (QED) is 0.798. The summed E-state index contributed by atoms with van der Waals surface area (Å²) in [5.41, 5.74) is 0.179. The normalized spacial score (nSPS) is 16.2. The molecule has 1 saturated heterocycles. The molecular weight excluding hydrogens is 330 g/mol. The van der Waals surface area contributed by atoms with Gasteiger partial charge in [-0.2, -0.15) is 0 Å². The van der Waals surface area contributed by atoms with Crippen LogP contribution in [0.5, 0.6) is 5.75 Å². The van der Waals surface area contributed by atoms with Gasteiger partial charge < -0.3 is 14.8 Å². The van der Waals surface area contributed by atoms with Gasteiger partial charge in [-0.05, 0) is 23.6 Å². The van der Waals surface area contributed by atoms with Crippen LogP contribution < -0.4 is 10.1 Å². The lowest BCUT2D eigenvalue weighted by molar-refractivity contribution is -0.127. The van der Waals surface area contributed by atoms with Gasteiger partial charge in [0, 0.05) is 24.9 Å². The number of amides is 1. The molecule has 1 aromatic rings. The zero-order valence-corrected chi connectivity index (χ0v) is 15.3. The topological polar surface area (TPSA) is 64.6 Å². The summed E-state index contributed by atoms with van der Waals surface area (Å²) >= 11 is 6.14. The van der Waals surface area contributed by atoms with Crippen molar-refractivity contribution in [2.75, 3.05) is 20.3 Å². The van der Waals surface area contributed by atoms with E-state index in [-0.39, 0.29) is 29.6 Å². The van der Waals surface area contributed by atoms with Crippen LogP contribution in [-0.4, -0.2) is 38.1 Å². The van der Waals surface area contributed by atoms with Crippen LogP contribution in [0, 0.1) is 11.3 Å². The molecule has 1 aliphatic heterocycles. The first kappa shape index (κ1) is 18.7. The van der Waals surface area contributed by atoms with Crippen molar-refractivity contribution >= 4 is 23.3 Å². The van der Waals surface area contributed by atoms with Gasteiger partial charge in [-0.15, -0.1) is 0 Å². The first-order valence-corrected chi connectivity index (χ1v) is 8.39. The molecule has 1 atom stereocenters. The van der Waals surface area contributed by atoms with Gasteiger partial charge in [-0.1, -0.05) is 32.4 Å². The first-order valence-electron chi connectivity index (χ1n) is 8.01. The number of ketones is 1. The summed E-state index contributed by atoms with van der Waals surface area (Å²) in [5, 5.41) is 3.10. The molecule has 0 unspecified atom stereocenters. The van der Waals surface area contributed by atoms with Gasteiger partial charge in [0.05, 0.1) is 18.2 Å². The molecule has 24 heavy (non-hydrogen) atoms. The number of ether oxygens (including phenoxy) is 2. The van der Waals surface area contributed by atoms with Crippen LogP contribution in [0.2, 0.25) is 5.02 Å².